The summed E-state index contributed by atoms with van der Waals surface area (Å²) in [5.41, 5.74) is 3.60. The van der Waals surface area contributed by atoms with Crippen LogP contribution < -0.4 is 5.01 Å². The van der Waals surface area contributed by atoms with Gasteiger partial charge in [0, 0.05) is 21.0 Å². The maximum Gasteiger partial charge on any atom is 0.325 e. The van der Waals surface area contributed by atoms with E-state index in [9.17, 15) is 9.90 Å². The predicted molar refractivity (Wildman–Crippen MR) is 113 cm³/mol. The van der Waals surface area contributed by atoms with Gasteiger partial charge in [-0.15, -0.1) is 33.9 Å². The Morgan fingerprint density at radius 3 is 2.50 bits per heavy atom. The molecule has 10 heteroatoms. The summed E-state index contributed by atoms with van der Waals surface area (Å²) in [6.45, 7) is 5.63. The smallest absolute Gasteiger partial charge is 0.325 e. The van der Waals surface area contributed by atoms with Crippen molar-refractivity contribution in [2.45, 2.75) is 20.8 Å². The van der Waals surface area contributed by atoms with Gasteiger partial charge in [0.05, 0.1) is 0 Å². The van der Waals surface area contributed by atoms with Crippen LogP contribution in [0.1, 0.15) is 27.4 Å². The number of carboxylic acids is 1. The number of halogens is 2. The monoisotopic (exact) mass is 437 g/mol. The Hall–Kier alpha value is -2.42. The lowest BCUT2D eigenvalue weighted by atomic mass is 10.00. The number of hydrogen-bond donors (Lipinski definition) is 1. The third-order valence-electron chi connectivity index (χ3n) is 4.47. The molecule has 0 spiro atoms. The van der Waals surface area contributed by atoms with Crippen molar-refractivity contribution < 1.29 is 9.90 Å². The molecule has 7 nitrogen and oxygen atoms in total. The molecule has 3 aromatic rings. The number of aliphatic carboxylic acids is 1. The molecule has 0 bridgehead atoms. The first-order valence-electron chi connectivity index (χ1n) is 8.23. The molecule has 3 heterocycles. The highest BCUT2D eigenvalue weighted by Crippen LogP contribution is 2.38. The minimum atomic E-state index is -1.00. The quantitative estimate of drug-likeness (QED) is 0.669. The summed E-state index contributed by atoms with van der Waals surface area (Å²) in [6, 6.07) is 7.36. The molecule has 0 unspecified atom stereocenters. The van der Waals surface area contributed by atoms with E-state index in [0.29, 0.717) is 22.5 Å². The van der Waals surface area contributed by atoms with Crippen molar-refractivity contribution in [3.05, 3.63) is 56.7 Å². The molecule has 0 aliphatic carbocycles. The zero-order valence-corrected chi connectivity index (χ0v) is 17.7. The van der Waals surface area contributed by atoms with E-state index in [4.69, 9.17) is 16.7 Å². The van der Waals surface area contributed by atoms with Crippen molar-refractivity contribution in [2.75, 3.05) is 11.6 Å². The number of rotatable bonds is 3. The van der Waals surface area contributed by atoms with Gasteiger partial charge >= 0.3 is 5.97 Å². The van der Waals surface area contributed by atoms with Crippen LogP contribution in [-0.2, 0) is 4.79 Å². The Balaban J connectivity index is 0.00000225. The van der Waals surface area contributed by atoms with E-state index < -0.39 is 5.97 Å². The largest absolute Gasteiger partial charge is 0.480 e. The first-order chi connectivity index (χ1) is 12.9. The Labute approximate surface area is 176 Å². The van der Waals surface area contributed by atoms with Gasteiger partial charge in [0.1, 0.15) is 23.1 Å². The standard InChI is InChI=1S/C18H16ClN5O2S.ClH/c1-9-10(2)27-17-15(9)16(12-4-6-13(19)7-5-12)22-23(8-14(25)26)18-21-20-11(3)24(17)18;/h4-7H,8H2,1-3H3,(H,25,26);1H. The number of hydrazone groups is 1. The van der Waals surface area contributed by atoms with E-state index in [1.807, 2.05) is 30.5 Å². The van der Waals surface area contributed by atoms with Crippen molar-refractivity contribution in [3.8, 4) is 5.00 Å². The van der Waals surface area contributed by atoms with Gasteiger partial charge in [-0.05, 0) is 38.5 Å². The zero-order valence-electron chi connectivity index (χ0n) is 15.3. The number of hydrogen-bond acceptors (Lipinski definition) is 6. The van der Waals surface area contributed by atoms with Crippen LogP contribution in [0.15, 0.2) is 29.4 Å². The van der Waals surface area contributed by atoms with Crippen LogP contribution in [0.2, 0.25) is 5.02 Å². The maximum atomic E-state index is 11.4. The minimum absolute atomic E-state index is 0. The maximum absolute atomic E-state index is 11.4. The second-order valence-corrected chi connectivity index (χ2v) is 7.89. The Kier molecular flexibility index (Phi) is 5.47. The van der Waals surface area contributed by atoms with E-state index in [1.54, 1.807) is 23.5 Å². The SMILES string of the molecule is Cc1sc2c(c1C)C(c1ccc(Cl)cc1)=NN(CC(=O)O)c1nnc(C)n1-2.Cl. The lowest BCUT2D eigenvalue weighted by Gasteiger charge is -2.15. The summed E-state index contributed by atoms with van der Waals surface area (Å²) >= 11 is 7.66. The van der Waals surface area contributed by atoms with Crippen molar-refractivity contribution in [1.29, 1.82) is 0 Å². The third kappa shape index (κ3) is 3.28. The highest BCUT2D eigenvalue weighted by atomic mass is 35.5. The van der Waals surface area contributed by atoms with E-state index in [-0.39, 0.29) is 19.0 Å². The molecule has 1 aromatic carbocycles. The van der Waals surface area contributed by atoms with Crippen LogP contribution >= 0.6 is 35.3 Å². The fourth-order valence-corrected chi connectivity index (χ4v) is 4.39. The molecule has 0 amide bonds. The van der Waals surface area contributed by atoms with Gasteiger partial charge in [-0.2, -0.15) is 5.10 Å². The first-order valence-corrected chi connectivity index (χ1v) is 9.43. The summed E-state index contributed by atoms with van der Waals surface area (Å²) in [4.78, 5) is 12.6. The highest BCUT2D eigenvalue weighted by molar-refractivity contribution is 7.15. The van der Waals surface area contributed by atoms with Crippen molar-refractivity contribution in [2.24, 2.45) is 5.10 Å². The van der Waals surface area contributed by atoms with Crippen LogP contribution in [0, 0.1) is 20.8 Å². The second-order valence-electron chi connectivity index (χ2n) is 6.25. The fourth-order valence-electron chi connectivity index (χ4n) is 3.06. The van der Waals surface area contributed by atoms with Crippen molar-refractivity contribution in [1.82, 2.24) is 14.8 Å². The average Bonchev–Trinajstić information content (AvgIpc) is 3.08. The third-order valence-corrected chi connectivity index (χ3v) is 5.91. The molecule has 4 rings (SSSR count). The lowest BCUT2D eigenvalue weighted by molar-refractivity contribution is -0.135. The summed E-state index contributed by atoms with van der Waals surface area (Å²) in [7, 11) is 0. The number of carboxylic acid groups (broad SMARTS) is 1. The minimum Gasteiger partial charge on any atom is -0.480 e. The molecular weight excluding hydrogens is 421 g/mol. The molecule has 1 aliphatic rings. The number of anilines is 1. The van der Waals surface area contributed by atoms with Gasteiger partial charge in [0.25, 0.3) is 5.95 Å². The highest BCUT2D eigenvalue weighted by Gasteiger charge is 2.30. The van der Waals surface area contributed by atoms with E-state index >= 15 is 0 Å². The molecule has 28 heavy (non-hydrogen) atoms. The van der Waals surface area contributed by atoms with Crippen LogP contribution in [0.4, 0.5) is 5.95 Å². The number of nitrogens with zero attached hydrogens (tertiary/aromatic N) is 5. The normalized spacial score (nSPS) is 12.6. The summed E-state index contributed by atoms with van der Waals surface area (Å²) in [5.74, 6) is 0.0661. The van der Waals surface area contributed by atoms with E-state index in [1.165, 1.54) is 5.01 Å². The van der Waals surface area contributed by atoms with Crippen LogP contribution in [-0.4, -0.2) is 38.1 Å². The molecule has 0 saturated carbocycles. The number of thiophene rings is 1. The topological polar surface area (TPSA) is 83.6 Å². The molecule has 146 valence electrons. The van der Waals surface area contributed by atoms with Gasteiger partial charge in [0.2, 0.25) is 0 Å². The van der Waals surface area contributed by atoms with Gasteiger partial charge in [-0.3, -0.25) is 9.36 Å². The summed E-state index contributed by atoms with van der Waals surface area (Å²) in [5, 5.41) is 25.3. The van der Waals surface area contributed by atoms with Crippen LogP contribution in [0.5, 0.6) is 0 Å². The van der Waals surface area contributed by atoms with E-state index in [0.717, 1.165) is 26.6 Å². The second kappa shape index (κ2) is 7.54. The summed E-state index contributed by atoms with van der Waals surface area (Å²) < 4.78 is 1.87. The number of aryl methyl sites for hydroxylation is 2. The fraction of sp³-hybridized carbons (Fsp3) is 0.222. The van der Waals surface area contributed by atoms with Gasteiger partial charge in [0.15, 0.2) is 0 Å². The number of benzene rings is 1. The predicted octanol–water partition coefficient (Wildman–Crippen LogP) is 3.99. The van der Waals surface area contributed by atoms with Crippen molar-refractivity contribution in [3.63, 3.8) is 0 Å². The zero-order chi connectivity index (χ0) is 19.3. The number of carbonyl (C=O) groups is 1. The van der Waals surface area contributed by atoms with Gasteiger partial charge < -0.3 is 5.11 Å². The Bertz CT molecular complexity index is 1090. The Morgan fingerprint density at radius 2 is 1.86 bits per heavy atom. The molecule has 1 N–H and O–H groups in total. The molecule has 0 atom stereocenters. The van der Waals surface area contributed by atoms with Gasteiger partial charge in [-0.25, -0.2) is 5.01 Å². The lowest BCUT2D eigenvalue weighted by Crippen LogP contribution is -2.27. The molecule has 0 saturated heterocycles. The van der Waals surface area contributed by atoms with Crippen LogP contribution in [0.3, 0.4) is 0 Å². The van der Waals surface area contributed by atoms with Crippen molar-refractivity contribution >= 4 is 53.0 Å². The molecule has 1 aliphatic heterocycles. The Morgan fingerprint density at radius 1 is 1.18 bits per heavy atom. The van der Waals surface area contributed by atoms with Crippen LogP contribution in [0.25, 0.3) is 5.00 Å². The van der Waals surface area contributed by atoms with Gasteiger partial charge in [-0.1, -0.05) is 23.7 Å². The molecule has 0 radical (unpaired) electrons. The summed E-state index contributed by atoms with van der Waals surface area (Å²) in [6.07, 6.45) is 0. The molecule has 2 aromatic heterocycles. The number of fused-ring (bicyclic) bond motifs is 3. The first kappa shape index (κ1) is 20.3. The molecular formula is C18H17Cl2N5O2S. The number of aromatic nitrogens is 3. The molecule has 0 fully saturated rings. The average molecular weight is 438 g/mol. The van der Waals surface area contributed by atoms with E-state index in [2.05, 4.69) is 17.1 Å².